The zero-order valence-corrected chi connectivity index (χ0v) is 23.5. The highest BCUT2D eigenvalue weighted by molar-refractivity contribution is 6.26. The lowest BCUT2D eigenvalue weighted by Gasteiger charge is -2.08. The summed E-state index contributed by atoms with van der Waals surface area (Å²) in [4.78, 5) is 0. The molecule has 2 heterocycles. The van der Waals surface area contributed by atoms with E-state index in [1.807, 2.05) is 0 Å². The monoisotopic (exact) mass is 545 g/mol. The molecule has 0 amide bonds. The molecule has 0 N–H and O–H groups in total. The summed E-state index contributed by atoms with van der Waals surface area (Å²) in [5, 5.41) is 10.0. The van der Waals surface area contributed by atoms with Gasteiger partial charge in [-0.3, -0.25) is 0 Å². The molecule has 9 rings (SSSR count). The third-order valence-electron chi connectivity index (χ3n) is 8.94. The number of aromatic nitrogens is 1. The molecule has 0 unspecified atom stereocenters. The molecule has 0 radical (unpaired) electrons. The van der Waals surface area contributed by atoms with Crippen LogP contribution in [0, 0.1) is 0 Å². The highest BCUT2D eigenvalue weighted by Gasteiger charge is 2.17. The van der Waals surface area contributed by atoms with E-state index in [2.05, 4.69) is 168 Å². The van der Waals surface area contributed by atoms with Crippen LogP contribution in [0.2, 0.25) is 0 Å². The molecule has 7 aromatic carbocycles. The summed E-state index contributed by atoms with van der Waals surface area (Å²) in [5.41, 5.74) is 8.55. The molecule has 0 fully saturated rings. The lowest BCUT2D eigenvalue weighted by molar-refractivity contribution is 1.35. The first kappa shape index (κ1) is 24.0. The fraction of sp³-hybridized carbons (Fsp3) is 0. The number of hydrogen-bond donors (Lipinski definition) is 0. The van der Waals surface area contributed by atoms with Gasteiger partial charge in [-0.15, -0.1) is 0 Å². The second kappa shape index (κ2) is 9.44. The molecule has 200 valence electrons. The molecule has 0 aliphatic carbocycles. The maximum Gasteiger partial charge on any atom is 0.0620 e. The maximum absolute atomic E-state index is 2.51. The molecule has 0 saturated carbocycles. The highest BCUT2D eigenvalue weighted by Crippen LogP contribution is 2.41. The lowest BCUT2D eigenvalue weighted by Crippen LogP contribution is -1.87. The Labute approximate surface area is 249 Å². The molecule has 0 atom stereocenters. The van der Waals surface area contributed by atoms with Crippen LogP contribution in [0.1, 0.15) is 0 Å². The number of fused-ring (bicyclic) bond motifs is 10. The van der Waals surface area contributed by atoms with Gasteiger partial charge >= 0.3 is 0 Å². The fourth-order valence-corrected chi connectivity index (χ4v) is 7.01. The second-order valence-electron chi connectivity index (χ2n) is 11.3. The average molecular weight is 546 g/mol. The van der Waals surface area contributed by atoms with Crippen LogP contribution in [-0.4, -0.2) is 4.40 Å². The minimum Gasteiger partial charge on any atom is -0.308 e. The first-order valence-electron chi connectivity index (χ1n) is 14.9. The van der Waals surface area contributed by atoms with Crippen LogP contribution >= 0.6 is 0 Å². The van der Waals surface area contributed by atoms with Gasteiger partial charge in [-0.2, -0.15) is 0 Å². The largest absolute Gasteiger partial charge is 0.308 e. The van der Waals surface area contributed by atoms with Gasteiger partial charge in [-0.1, -0.05) is 133 Å². The van der Waals surface area contributed by atoms with Crippen LogP contribution < -0.4 is 0 Å². The van der Waals surface area contributed by atoms with Crippen LogP contribution in [0.3, 0.4) is 0 Å². The zero-order chi connectivity index (χ0) is 28.3. The first-order chi connectivity index (χ1) is 21.3. The fourth-order valence-electron chi connectivity index (χ4n) is 7.01. The van der Waals surface area contributed by atoms with Crippen LogP contribution in [0.15, 0.2) is 164 Å². The number of benzene rings is 7. The van der Waals surface area contributed by atoms with E-state index in [0.717, 1.165) is 0 Å². The third kappa shape index (κ3) is 3.65. The quantitative estimate of drug-likeness (QED) is 0.203. The van der Waals surface area contributed by atoms with Crippen LogP contribution in [0.25, 0.3) is 81.9 Å². The Bertz CT molecular complexity index is 2540. The average Bonchev–Trinajstić information content (AvgIpc) is 3.43. The molecule has 2 aromatic heterocycles. The van der Waals surface area contributed by atoms with Crippen molar-refractivity contribution in [3.05, 3.63) is 164 Å². The van der Waals surface area contributed by atoms with Crippen molar-refractivity contribution in [1.82, 2.24) is 4.40 Å². The minimum absolute atomic E-state index is 1.20. The van der Waals surface area contributed by atoms with Crippen molar-refractivity contribution in [2.75, 3.05) is 0 Å². The Kier molecular flexibility index (Phi) is 5.27. The summed E-state index contributed by atoms with van der Waals surface area (Å²) >= 11 is 0. The molecular formula is C42H27N. The Balaban J connectivity index is 1.63. The summed E-state index contributed by atoms with van der Waals surface area (Å²) < 4.78 is 2.51. The molecular weight excluding hydrogens is 518 g/mol. The molecule has 0 bridgehead atoms. The van der Waals surface area contributed by atoms with Crippen molar-refractivity contribution < 1.29 is 0 Å². The Hall–Kier alpha value is -5.66. The van der Waals surface area contributed by atoms with Gasteiger partial charge < -0.3 is 4.40 Å². The van der Waals surface area contributed by atoms with E-state index in [1.165, 1.54) is 81.9 Å². The van der Waals surface area contributed by atoms with Gasteiger partial charge in [-0.25, -0.2) is 0 Å². The third-order valence-corrected chi connectivity index (χ3v) is 8.94. The first-order valence-corrected chi connectivity index (χ1v) is 14.9. The smallest absolute Gasteiger partial charge is 0.0620 e. The van der Waals surface area contributed by atoms with Crippen LogP contribution in [0.5, 0.6) is 0 Å². The number of para-hydroxylation sites is 1. The summed E-state index contributed by atoms with van der Waals surface area (Å²) in [6.07, 6.45) is 0. The summed E-state index contributed by atoms with van der Waals surface area (Å²) in [5.74, 6) is 0. The van der Waals surface area contributed by atoms with Gasteiger partial charge in [0.05, 0.1) is 16.6 Å². The summed E-state index contributed by atoms with van der Waals surface area (Å²) in [6.45, 7) is 0. The van der Waals surface area contributed by atoms with E-state index in [4.69, 9.17) is 0 Å². The topological polar surface area (TPSA) is 4.41 Å². The molecule has 1 heteroatoms. The highest BCUT2D eigenvalue weighted by atomic mass is 14.9. The van der Waals surface area contributed by atoms with E-state index in [9.17, 15) is 0 Å². The van der Waals surface area contributed by atoms with Crippen molar-refractivity contribution in [3.8, 4) is 22.3 Å². The van der Waals surface area contributed by atoms with Crippen molar-refractivity contribution in [1.29, 1.82) is 0 Å². The Morgan fingerprint density at radius 1 is 0.256 bits per heavy atom. The number of nitrogens with zero attached hydrogens (tertiary/aromatic N) is 1. The number of hydrogen-bond acceptors (Lipinski definition) is 0. The number of rotatable bonds is 2. The van der Waals surface area contributed by atoms with E-state index < -0.39 is 0 Å². The molecule has 0 spiro atoms. The van der Waals surface area contributed by atoms with E-state index >= 15 is 0 Å². The van der Waals surface area contributed by atoms with E-state index in [1.54, 1.807) is 0 Å². The summed E-state index contributed by atoms with van der Waals surface area (Å²) in [6, 6.07) is 59.9. The van der Waals surface area contributed by atoms with E-state index in [0.29, 0.717) is 0 Å². The SMILES string of the molecule is c1ccc(-c2ccc3c(c2)c2cc(-c4ccccc4)cc4c5ccccc5c5ccccc5c5ccccc5n3c42)cc1. The summed E-state index contributed by atoms with van der Waals surface area (Å²) in [7, 11) is 0. The van der Waals surface area contributed by atoms with Crippen LogP contribution in [0.4, 0.5) is 0 Å². The van der Waals surface area contributed by atoms with Gasteiger partial charge in [-0.05, 0) is 74.1 Å². The lowest BCUT2D eigenvalue weighted by atomic mass is 9.96. The molecule has 0 saturated heterocycles. The second-order valence-corrected chi connectivity index (χ2v) is 11.3. The molecule has 0 aliphatic heterocycles. The zero-order valence-electron chi connectivity index (χ0n) is 23.5. The Morgan fingerprint density at radius 2 is 0.674 bits per heavy atom. The normalized spacial score (nSPS) is 11.7. The minimum atomic E-state index is 1.20. The van der Waals surface area contributed by atoms with Gasteiger partial charge in [0.1, 0.15) is 0 Å². The predicted molar refractivity (Wildman–Crippen MR) is 185 cm³/mol. The van der Waals surface area contributed by atoms with Crippen molar-refractivity contribution in [2.45, 2.75) is 0 Å². The molecule has 0 aliphatic rings. The molecule has 1 nitrogen and oxygen atoms in total. The Morgan fingerprint density at radius 3 is 1.30 bits per heavy atom. The van der Waals surface area contributed by atoms with Gasteiger partial charge in [0.15, 0.2) is 0 Å². The predicted octanol–water partition coefficient (Wildman–Crippen LogP) is 11.6. The van der Waals surface area contributed by atoms with Gasteiger partial charge in [0, 0.05) is 21.5 Å². The van der Waals surface area contributed by atoms with Gasteiger partial charge in [0.25, 0.3) is 0 Å². The van der Waals surface area contributed by atoms with Crippen molar-refractivity contribution in [3.63, 3.8) is 0 Å². The van der Waals surface area contributed by atoms with E-state index in [-0.39, 0.29) is 0 Å². The van der Waals surface area contributed by atoms with Crippen molar-refractivity contribution >= 4 is 59.6 Å². The van der Waals surface area contributed by atoms with Crippen molar-refractivity contribution in [2.24, 2.45) is 0 Å². The standard InChI is InChI=1S/C42H27N/c1-3-13-28(14-4-1)30-23-24-41-37(25-30)39-27-31(29-15-5-2-6-16-29)26-38-35-20-10-8-18-33(35)32-17-7-9-19-34(32)36-21-11-12-22-40(36)43(41)42(38)39/h1-27H. The van der Waals surface area contributed by atoms with Gasteiger partial charge in [0.2, 0.25) is 0 Å². The molecule has 43 heavy (non-hydrogen) atoms. The molecule has 9 aromatic rings. The maximum atomic E-state index is 2.51. The van der Waals surface area contributed by atoms with Crippen LogP contribution in [-0.2, 0) is 0 Å².